The summed E-state index contributed by atoms with van der Waals surface area (Å²) in [6.07, 6.45) is -1.17. The van der Waals surface area contributed by atoms with Crippen LogP contribution in [0.4, 0.5) is 18.0 Å². The Balaban J connectivity index is 1.36. The molecule has 2 aromatic rings. The average Bonchev–Trinajstić information content (AvgIpc) is 3.41. The van der Waals surface area contributed by atoms with Gasteiger partial charge in [-0.3, -0.25) is 9.69 Å². The number of aromatic nitrogens is 2. The van der Waals surface area contributed by atoms with Crippen molar-refractivity contribution in [3.8, 4) is 0 Å². The molecule has 1 aromatic carbocycles. The van der Waals surface area contributed by atoms with Gasteiger partial charge in [-0.15, -0.1) is 0 Å². The van der Waals surface area contributed by atoms with Gasteiger partial charge in [-0.2, -0.15) is 23.0 Å². The minimum absolute atomic E-state index is 0.183. The highest BCUT2D eigenvalue weighted by atomic mass is 19.4. The molecular weight excluding hydrogens is 409 g/mol. The summed E-state index contributed by atoms with van der Waals surface area (Å²) in [5.41, 5.74) is -0.0409. The molecule has 4 rings (SSSR count). The lowest BCUT2D eigenvalue weighted by Crippen LogP contribution is -2.36. The minimum Gasteiger partial charge on any atom is -0.322 e. The van der Waals surface area contributed by atoms with Crippen LogP contribution in [-0.2, 0) is 12.7 Å². The van der Waals surface area contributed by atoms with E-state index in [4.69, 9.17) is 0 Å². The van der Waals surface area contributed by atoms with Crippen molar-refractivity contribution in [2.24, 2.45) is 11.8 Å². The zero-order valence-corrected chi connectivity index (χ0v) is 17.5. The normalized spacial score (nSPS) is 23.4. The molecule has 2 aliphatic rings. The Labute approximate surface area is 178 Å². The lowest BCUT2D eigenvalue weighted by Gasteiger charge is -2.27. The van der Waals surface area contributed by atoms with Gasteiger partial charge in [-0.05, 0) is 49.4 Å². The molecule has 0 radical (unpaired) electrons. The van der Waals surface area contributed by atoms with E-state index in [0.717, 1.165) is 18.9 Å². The van der Waals surface area contributed by atoms with Crippen LogP contribution in [0.25, 0.3) is 0 Å². The van der Waals surface area contributed by atoms with Crippen molar-refractivity contribution in [1.29, 1.82) is 0 Å². The first kappa shape index (κ1) is 21.5. The van der Waals surface area contributed by atoms with Crippen LogP contribution in [0, 0.1) is 11.8 Å². The van der Waals surface area contributed by atoms with E-state index in [-0.39, 0.29) is 35.7 Å². The maximum atomic E-state index is 13.3. The number of nitrogens with zero attached hydrogens (tertiary/aromatic N) is 4. The third kappa shape index (κ3) is 4.37. The Morgan fingerprint density at radius 1 is 1.13 bits per heavy atom. The van der Waals surface area contributed by atoms with Crippen LogP contribution >= 0.6 is 0 Å². The second kappa shape index (κ2) is 8.11. The van der Waals surface area contributed by atoms with E-state index in [0.29, 0.717) is 24.9 Å². The average molecular weight is 434 g/mol. The summed E-state index contributed by atoms with van der Waals surface area (Å²) in [6.45, 7) is 2.84. The fraction of sp³-hybridized carbons (Fsp3) is 0.500. The van der Waals surface area contributed by atoms with Gasteiger partial charge in [0.15, 0.2) is 5.78 Å². The van der Waals surface area contributed by atoms with E-state index in [1.807, 2.05) is 11.9 Å². The van der Waals surface area contributed by atoms with Crippen molar-refractivity contribution in [2.75, 3.05) is 20.1 Å². The molecule has 31 heavy (non-hydrogen) atoms. The first-order valence-electron chi connectivity index (χ1n) is 10.3. The van der Waals surface area contributed by atoms with Gasteiger partial charge in [0, 0.05) is 38.8 Å². The van der Waals surface area contributed by atoms with Crippen molar-refractivity contribution in [3.63, 3.8) is 0 Å². The number of carbonyl (C=O) groups excluding carboxylic acids is 2. The van der Waals surface area contributed by atoms with Gasteiger partial charge in [-0.25, -0.2) is 4.79 Å². The molecule has 0 bridgehead atoms. The molecule has 2 heterocycles. The molecule has 1 amide bonds. The maximum absolute atomic E-state index is 13.3. The molecule has 1 saturated heterocycles. The number of carbonyl (C=O) groups is 2. The number of Topliss-reactive ketones (excluding diaryl/α,β-unsaturated/α-hetero) is 1. The lowest BCUT2D eigenvalue weighted by molar-refractivity contribution is -0.138. The molecule has 3 atom stereocenters. The van der Waals surface area contributed by atoms with Crippen LogP contribution in [0.1, 0.15) is 41.4 Å². The molecular formula is C22H25F3N4O2. The van der Waals surface area contributed by atoms with E-state index < -0.39 is 11.7 Å². The molecule has 0 unspecified atom stereocenters. The smallest absolute Gasteiger partial charge is 0.322 e. The standard InChI is InChI=1S/C22H25F3N4O2/c1-14(30)20-7-8-29(26-20)21(31)28-12-16-9-18(10-17(16)13-28)27(2)11-15-5-3-4-6-19(15)22(23,24)25/h3-8,16-18H,9-13H2,1-2H3/t16-,17+,18-. The van der Waals surface area contributed by atoms with Crippen molar-refractivity contribution >= 4 is 11.8 Å². The van der Waals surface area contributed by atoms with Crippen LogP contribution in [0.15, 0.2) is 36.5 Å². The van der Waals surface area contributed by atoms with Crippen LogP contribution in [0.2, 0.25) is 0 Å². The molecule has 9 heteroatoms. The van der Waals surface area contributed by atoms with Crippen LogP contribution in [0.3, 0.4) is 0 Å². The largest absolute Gasteiger partial charge is 0.416 e. The highest BCUT2D eigenvalue weighted by Gasteiger charge is 2.44. The molecule has 166 valence electrons. The number of likely N-dealkylation sites (tertiary alicyclic amines) is 1. The fourth-order valence-corrected chi connectivity index (χ4v) is 4.88. The Morgan fingerprint density at radius 3 is 2.35 bits per heavy atom. The summed E-state index contributed by atoms with van der Waals surface area (Å²) in [7, 11) is 1.87. The van der Waals surface area contributed by atoms with Crippen LogP contribution in [0.5, 0.6) is 0 Å². The molecule has 2 fully saturated rings. The molecule has 0 N–H and O–H groups in total. The molecule has 0 spiro atoms. The van der Waals surface area contributed by atoms with Crippen LogP contribution in [-0.4, -0.2) is 57.6 Å². The van der Waals surface area contributed by atoms with E-state index in [2.05, 4.69) is 5.10 Å². The quantitative estimate of drug-likeness (QED) is 0.685. The number of benzene rings is 1. The lowest BCUT2D eigenvalue weighted by atomic mass is 10.0. The first-order valence-corrected chi connectivity index (χ1v) is 10.3. The zero-order chi connectivity index (χ0) is 22.3. The van der Waals surface area contributed by atoms with Crippen molar-refractivity contribution < 1.29 is 22.8 Å². The minimum atomic E-state index is -4.36. The summed E-state index contributed by atoms with van der Waals surface area (Å²) in [5, 5.41) is 4.04. The first-order chi connectivity index (χ1) is 14.6. The van der Waals surface area contributed by atoms with Gasteiger partial charge in [0.05, 0.1) is 5.56 Å². The van der Waals surface area contributed by atoms with Gasteiger partial charge >= 0.3 is 12.2 Å². The summed E-state index contributed by atoms with van der Waals surface area (Å²) in [5.74, 6) is 0.442. The molecule has 1 saturated carbocycles. The Kier molecular flexibility index (Phi) is 5.63. The van der Waals surface area contributed by atoms with Gasteiger partial charge in [0.25, 0.3) is 0 Å². The number of fused-ring (bicyclic) bond motifs is 1. The molecule has 1 aliphatic heterocycles. The summed E-state index contributed by atoms with van der Waals surface area (Å²) >= 11 is 0. The van der Waals surface area contributed by atoms with E-state index in [1.165, 1.54) is 36.0 Å². The molecule has 1 aliphatic carbocycles. The molecule has 1 aromatic heterocycles. The van der Waals surface area contributed by atoms with Crippen LogP contribution < -0.4 is 0 Å². The number of ketones is 1. The van der Waals surface area contributed by atoms with Crippen molar-refractivity contribution in [2.45, 2.75) is 38.5 Å². The highest BCUT2D eigenvalue weighted by molar-refractivity contribution is 5.92. The van der Waals surface area contributed by atoms with Gasteiger partial charge < -0.3 is 4.90 Å². The predicted octanol–water partition coefficient (Wildman–Crippen LogP) is 3.92. The number of rotatable bonds is 4. The van der Waals surface area contributed by atoms with E-state index in [9.17, 15) is 22.8 Å². The zero-order valence-electron chi connectivity index (χ0n) is 17.5. The number of alkyl halides is 3. The predicted molar refractivity (Wildman–Crippen MR) is 108 cm³/mol. The fourth-order valence-electron chi connectivity index (χ4n) is 4.88. The Morgan fingerprint density at radius 2 is 1.77 bits per heavy atom. The Hall–Kier alpha value is -2.68. The van der Waals surface area contributed by atoms with E-state index in [1.54, 1.807) is 11.0 Å². The van der Waals surface area contributed by atoms with Gasteiger partial charge in [0.1, 0.15) is 5.69 Å². The maximum Gasteiger partial charge on any atom is 0.416 e. The van der Waals surface area contributed by atoms with Crippen molar-refractivity contribution in [3.05, 3.63) is 53.3 Å². The summed E-state index contributed by atoms with van der Waals surface area (Å²) < 4.78 is 41.1. The second-order valence-electron chi connectivity index (χ2n) is 8.60. The third-order valence-corrected chi connectivity index (χ3v) is 6.51. The summed E-state index contributed by atoms with van der Waals surface area (Å²) in [6, 6.07) is 7.18. The monoisotopic (exact) mass is 434 g/mol. The van der Waals surface area contributed by atoms with Gasteiger partial charge in [0.2, 0.25) is 0 Å². The van der Waals surface area contributed by atoms with E-state index >= 15 is 0 Å². The number of halogens is 3. The number of amides is 1. The summed E-state index contributed by atoms with van der Waals surface area (Å²) in [4.78, 5) is 27.9. The number of hydrogen-bond acceptors (Lipinski definition) is 4. The topological polar surface area (TPSA) is 58.4 Å². The molecule has 6 nitrogen and oxygen atoms in total. The van der Waals surface area contributed by atoms with Gasteiger partial charge in [-0.1, -0.05) is 18.2 Å². The Bertz CT molecular complexity index is 973. The third-order valence-electron chi connectivity index (χ3n) is 6.51. The second-order valence-corrected chi connectivity index (χ2v) is 8.60. The SMILES string of the molecule is CC(=O)c1ccn(C(=O)N2C[C@H]3C[C@@H](N(C)Cc4ccccc4C(F)(F)F)C[C@H]3C2)n1. The highest BCUT2D eigenvalue weighted by Crippen LogP contribution is 2.41. The number of hydrogen-bond donors (Lipinski definition) is 0. The van der Waals surface area contributed by atoms with Crippen molar-refractivity contribution in [1.82, 2.24) is 19.6 Å².